The van der Waals surface area contributed by atoms with Crippen LogP contribution in [0.4, 0.5) is 0 Å². The summed E-state index contributed by atoms with van der Waals surface area (Å²) in [7, 11) is -4.50. The molecule has 51 heavy (non-hydrogen) atoms. The molecule has 0 saturated heterocycles. The molecular weight excluding hydrogens is 667 g/mol. The number of esters is 1. The summed E-state index contributed by atoms with van der Waals surface area (Å²) in [6.45, 7) is 3.55. The molecule has 0 aliphatic rings. The van der Waals surface area contributed by atoms with Crippen molar-refractivity contribution in [1.82, 2.24) is 0 Å². The minimum Gasteiger partial charge on any atom is -0.457 e. The van der Waals surface area contributed by atoms with Gasteiger partial charge in [-0.3, -0.25) is 13.8 Å². The molecule has 0 aliphatic carbocycles. The van der Waals surface area contributed by atoms with Gasteiger partial charge < -0.3 is 24.6 Å². The molecule has 0 amide bonds. The van der Waals surface area contributed by atoms with Gasteiger partial charge >= 0.3 is 13.8 Å². The fraction of sp³-hybridized carbons (Fsp3) is 0.976. The molecule has 0 aromatic rings. The van der Waals surface area contributed by atoms with Gasteiger partial charge in [0.15, 0.2) is 0 Å². The molecule has 0 aromatic carbocycles. The SMILES string of the molecule is CCCCCCCCCCCCCCCCCCCCCCOCC(COP(=O)(O)OCC(O)CO)OC(=O)CCCCCCCCCCCC. The normalized spacial score (nSPS) is 14.1. The fourth-order valence-corrected chi connectivity index (χ4v) is 7.03. The maximum atomic E-state index is 12.5. The second kappa shape index (κ2) is 39.2. The Morgan fingerprint density at radius 2 is 0.882 bits per heavy atom. The number of aliphatic hydroxyl groups is 2. The van der Waals surface area contributed by atoms with Gasteiger partial charge in [0.25, 0.3) is 0 Å². The molecule has 9 nitrogen and oxygen atoms in total. The average molecular weight is 751 g/mol. The minimum atomic E-state index is -4.50. The van der Waals surface area contributed by atoms with E-state index >= 15 is 0 Å². The van der Waals surface area contributed by atoms with Gasteiger partial charge in [0, 0.05) is 13.0 Å². The molecule has 0 bridgehead atoms. The predicted molar refractivity (Wildman–Crippen MR) is 210 cm³/mol. The lowest BCUT2D eigenvalue weighted by Crippen LogP contribution is -2.29. The summed E-state index contributed by atoms with van der Waals surface area (Å²) in [5.41, 5.74) is 0. The van der Waals surface area contributed by atoms with E-state index in [0.29, 0.717) is 6.61 Å². The van der Waals surface area contributed by atoms with Gasteiger partial charge in [-0.05, 0) is 12.8 Å². The molecular formula is C41H83O9P. The first-order valence-electron chi connectivity index (χ1n) is 21.5. The molecule has 0 fully saturated rings. The predicted octanol–water partition coefficient (Wildman–Crippen LogP) is 11.5. The summed E-state index contributed by atoms with van der Waals surface area (Å²) >= 11 is 0. The Morgan fingerprint density at radius 3 is 1.27 bits per heavy atom. The molecule has 0 saturated carbocycles. The smallest absolute Gasteiger partial charge is 0.457 e. The second-order valence-electron chi connectivity index (χ2n) is 14.7. The first-order valence-corrected chi connectivity index (χ1v) is 23.0. The number of unbranched alkanes of at least 4 members (excludes halogenated alkanes) is 28. The molecule has 0 rings (SSSR count). The van der Waals surface area contributed by atoms with Crippen LogP contribution in [0.25, 0.3) is 0 Å². The fourth-order valence-electron chi connectivity index (χ4n) is 6.24. The van der Waals surface area contributed by atoms with Crippen LogP contribution in [0.15, 0.2) is 0 Å². The van der Waals surface area contributed by atoms with E-state index in [1.165, 1.54) is 161 Å². The van der Waals surface area contributed by atoms with E-state index in [2.05, 4.69) is 13.8 Å². The highest BCUT2D eigenvalue weighted by atomic mass is 31.2. The Balaban J connectivity index is 4.03. The van der Waals surface area contributed by atoms with Crippen molar-refractivity contribution < 1.29 is 43.0 Å². The van der Waals surface area contributed by atoms with E-state index < -0.39 is 33.2 Å². The third-order valence-corrected chi connectivity index (χ3v) is 10.5. The lowest BCUT2D eigenvalue weighted by molar-refractivity contribution is -0.154. The van der Waals surface area contributed by atoms with Gasteiger partial charge in [-0.15, -0.1) is 0 Å². The van der Waals surface area contributed by atoms with Crippen LogP contribution < -0.4 is 0 Å². The largest absolute Gasteiger partial charge is 0.472 e. The van der Waals surface area contributed by atoms with Crippen LogP contribution >= 0.6 is 7.82 Å². The third kappa shape index (κ3) is 39.0. The molecule has 3 N–H and O–H groups in total. The van der Waals surface area contributed by atoms with Crippen molar-refractivity contribution in [3.8, 4) is 0 Å². The van der Waals surface area contributed by atoms with E-state index in [0.717, 1.165) is 32.1 Å². The van der Waals surface area contributed by atoms with Crippen LogP contribution in [0, 0.1) is 0 Å². The van der Waals surface area contributed by atoms with Gasteiger partial charge in [0.05, 0.1) is 26.4 Å². The summed E-state index contributed by atoms with van der Waals surface area (Å²) in [5.74, 6) is -0.380. The van der Waals surface area contributed by atoms with Gasteiger partial charge in [-0.2, -0.15) is 0 Å². The van der Waals surface area contributed by atoms with Crippen LogP contribution in [-0.2, 0) is 27.9 Å². The van der Waals surface area contributed by atoms with Crippen LogP contribution in [0.1, 0.15) is 213 Å². The van der Waals surface area contributed by atoms with Crippen molar-refractivity contribution >= 4 is 13.8 Å². The number of ether oxygens (including phenoxy) is 2. The van der Waals surface area contributed by atoms with Crippen molar-refractivity contribution in [3.63, 3.8) is 0 Å². The Bertz CT molecular complexity index is 769. The van der Waals surface area contributed by atoms with Crippen LogP contribution in [0.5, 0.6) is 0 Å². The second-order valence-corrected chi connectivity index (χ2v) is 16.2. The number of carbonyl (C=O) groups excluding carboxylic acids is 1. The average Bonchev–Trinajstić information content (AvgIpc) is 3.12. The lowest BCUT2D eigenvalue weighted by Gasteiger charge is -2.20. The molecule has 0 aromatic heterocycles. The molecule has 10 heteroatoms. The van der Waals surface area contributed by atoms with Crippen LogP contribution in [0.3, 0.4) is 0 Å². The van der Waals surface area contributed by atoms with E-state index in [4.69, 9.17) is 23.6 Å². The number of carbonyl (C=O) groups is 1. The van der Waals surface area contributed by atoms with Gasteiger partial charge in [-0.1, -0.05) is 194 Å². The van der Waals surface area contributed by atoms with E-state index in [1.807, 2.05) is 0 Å². The highest BCUT2D eigenvalue weighted by Crippen LogP contribution is 2.43. The first kappa shape index (κ1) is 50.5. The van der Waals surface area contributed by atoms with Crippen molar-refractivity contribution in [2.45, 2.75) is 225 Å². The Kier molecular flexibility index (Phi) is 38.7. The van der Waals surface area contributed by atoms with E-state index in [9.17, 15) is 19.4 Å². The Labute approximate surface area is 314 Å². The zero-order valence-corrected chi connectivity index (χ0v) is 34.2. The summed E-state index contributed by atoms with van der Waals surface area (Å²) < 4.78 is 33.3. The van der Waals surface area contributed by atoms with Gasteiger partial charge in [0.1, 0.15) is 12.2 Å². The standard InChI is InChI=1S/C41H83O9P/c1-3-5-7-9-11-13-15-16-17-18-19-20-21-22-23-24-26-28-30-32-34-47-37-40(38-49-51(45,46)48-36-39(43)35-42)50-41(44)33-31-29-27-25-14-12-10-8-6-4-2/h39-40,42-43H,3-38H2,1-2H3,(H,45,46). The molecule has 0 heterocycles. The number of phosphoric ester groups is 1. The molecule has 3 atom stereocenters. The Hall–Kier alpha value is -0.540. The molecule has 0 radical (unpaired) electrons. The zero-order chi connectivity index (χ0) is 37.5. The number of hydrogen-bond donors (Lipinski definition) is 3. The van der Waals surface area contributed by atoms with E-state index in [1.54, 1.807) is 0 Å². The van der Waals surface area contributed by atoms with Crippen molar-refractivity contribution in [2.24, 2.45) is 0 Å². The third-order valence-electron chi connectivity index (χ3n) is 9.54. The molecule has 3 unspecified atom stereocenters. The molecule has 0 spiro atoms. The monoisotopic (exact) mass is 751 g/mol. The van der Waals surface area contributed by atoms with E-state index in [-0.39, 0.29) is 25.6 Å². The summed E-state index contributed by atoms with van der Waals surface area (Å²) in [6, 6.07) is 0. The summed E-state index contributed by atoms with van der Waals surface area (Å²) in [4.78, 5) is 22.5. The summed E-state index contributed by atoms with van der Waals surface area (Å²) in [6.07, 6.45) is 36.4. The lowest BCUT2D eigenvalue weighted by atomic mass is 10.0. The quantitative estimate of drug-likeness (QED) is 0.0317. The maximum absolute atomic E-state index is 12.5. The molecule has 0 aliphatic heterocycles. The van der Waals surface area contributed by atoms with Crippen molar-refractivity contribution in [3.05, 3.63) is 0 Å². The van der Waals surface area contributed by atoms with Gasteiger partial charge in [0.2, 0.25) is 0 Å². The van der Waals surface area contributed by atoms with Gasteiger partial charge in [-0.25, -0.2) is 4.57 Å². The summed E-state index contributed by atoms with van der Waals surface area (Å²) in [5, 5.41) is 18.3. The maximum Gasteiger partial charge on any atom is 0.472 e. The number of aliphatic hydroxyl groups excluding tert-OH is 2. The van der Waals surface area contributed by atoms with Crippen LogP contribution in [0.2, 0.25) is 0 Å². The minimum absolute atomic E-state index is 0.0577. The number of phosphoric acid groups is 1. The molecule has 306 valence electrons. The van der Waals surface area contributed by atoms with Crippen molar-refractivity contribution in [2.75, 3.05) is 33.0 Å². The highest BCUT2D eigenvalue weighted by molar-refractivity contribution is 7.47. The number of rotatable bonds is 42. The Morgan fingerprint density at radius 1 is 0.529 bits per heavy atom. The van der Waals surface area contributed by atoms with Crippen molar-refractivity contribution in [1.29, 1.82) is 0 Å². The number of hydrogen-bond acceptors (Lipinski definition) is 8. The topological polar surface area (TPSA) is 132 Å². The first-order chi connectivity index (χ1) is 24.8. The highest BCUT2D eigenvalue weighted by Gasteiger charge is 2.26. The zero-order valence-electron chi connectivity index (χ0n) is 33.3. The van der Waals surface area contributed by atoms with Crippen LogP contribution in [-0.4, -0.2) is 66.3 Å².